The highest BCUT2D eigenvalue weighted by Crippen LogP contribution is 2.22. The standard InChI is InChI=1S/C9H12N2O4/c1-3-4-5-9(10-6-12,11-7-13)8(14)15-2/h3-5H2,1-2H3. The molecular weight excluding hydrogens is 200 g/mol. The van der Waals surface area contributed by atoms with Gasteiger partial charge in [-0.15, -0.1) is 0 Å². The van der Waals surface area contributed by atoms with Gasteiger partial charge in [-0.1, -0.05) is 13.3 Å². The Balaban J connectivity index is 5.14. The van der Waals surface area contributed by atoms with Gasteiger partial charge in [0.15, 0.2) is 0 Å². The van der Waals surface area contributed by atoms with Gasteiger partial charge in [0, 0.05) is 6.42 Å². The Bertz CT molecular complexity index is 296. The SMILES string of the molecule is CCCCC(N=C=O)(N=C=O)C(=O)OC. The third-order valence-corrected chi connectivity index (χ3v) is 1.85. The number of hydrogen-bond acceptors (Lipinski definition) is 6. The fourth-order valence-electron chi connectivity index (χ4n) is 1.07. The number of nitrogens with zero attached hydrogens (tertiary/aromatic N) is 2. The molecule has 6 nitrogen and oxygen atoms in total. The van der Waals surface area contributed by atoms with Crippen molar-refractivity contribution >= 4 is 18.1 Å². The zero-order valence-corrected chi connectivity index (χ0v) is 8.65. The summed E-state index contributed by atoms with van der Waals surface area (Å²) in [5.41, 5.74) is -1.80. The molecule has 0 radical (unpaired) electrons. The molecular formula is C9H12N2O4. The Labute approximate surface area is 87.0 Å². The van der Waals surface area contributed by atoms with Crippen LogP contribution in [0.15, 0.2) is 9.98 Å². The molecule has 0 fully saturated rings. The van der Waals surface area contributed by atoms with Gasteiger partial charge >= 0.3 is 5.97 Å². The van der Waals surface area contributed by atoms with Crippen LogP contribution in [0.1, 0.15) is 26.2 Å². The number of ether oxygens (including phenoxy) is 1. The molecule has 0 aromatic carbocycles. The molecule has 0 unspecified atom stereocenters. The quantitative estimate of drug-likeness (QED) is 0.369. The second-order valence-corrected chi connectivity index (χ2v) is 2.82. The van der Waals surface area contributed by atoms with Gasteiger partial charge in [0.1, 0.15) is 0 Å². The molecule has 15 heavy (non-hydrogen) atoms. The maximum atomic E-state index is 11.4. The summed E-state index contributed by atoms with van der Waals surface area (Å²) in [4.78, 5) is 38.2. The summed E-state index contributed by atoms with van der Waals surface area (Å²) >= 11 is 0. The highest BCUT2D eigenvalue weighted by atomic mass is 16.5. The zero-order chi connectivity index (χ0) is 11.7. The van der Waals surface area contributed by atoms with Crippen LogP contribution < -0.4 is 0 Å². The second-order valence-electron chi connectivity index (χ2n) is 2.82. The maximum absolute atomic E-state index is 11.4. The first kappa shape index (κ1) is 13.2. The first-order chi connectivity index (χ1) is 7.16. The minimum Gasteiger partial charge on any atom is -0.466 e. The number of rotatable bonds is 6. The van der Waals surface area contributed by atoms with Crippen molar-refractivity contribution in [2.45, 2.75) is 31.8 Å². The molecule has 0 aliphatic carbocycles. The summed E-state index contributed by atoms with van der Waals surface area (Å²) in [5, 5.41) is 0. The van der Waals surface area contributed by atoms with E-state index in [1.807, 2.05) is 6.92 Å². The lowest BCUT2D eigenvalue weighted by Gasteiger charge is -2.18. The summed E-state index contributed by atoms with van der Waals surface area (Å²) in [6, 6.07) is 0. The number of carbonyl (C=O) groups is 1. The maximum Gasteiger partial charge on any atom is 0.358 e. The third kappa shape index (κ3) is 3.46. The van der Waals surface area contributed by atoms with Crippen molar-refractivity contribution in [2.24, 2.45) is 9.98 Å². The van der Waals surface area contributed by atoms with Crippen LogP contribution in [0.2, 0.25) is 0 Å². The summed E-state index contributed by atoms with van der Waals surface area (Å²) in [6.07, 6.45) is 3.90. The highest BCUT2D eigenvalue weighted by molar-refractivity contribution is 5.82. The average molecular weight is 212 g/mol. The van der Waals surface area contributed by atoms with E-state index in [1.165, 1.54) is 12.2 Å². The van der Waals surface area contributed by atoms with Crippen LogP contribution >= 0.6 is 0 Å². The van der Waals surface area contributed by atoms with Crippen molar-refractivity contribution in [1.29, 1.82) is 0 Å². The molecule has 0 aromatic rings. The van der Waals surface area contributed by atoms with Crippen LogP contribution in [0.25, 0.3) is 0 Å². The van der Waals surface area contributed by atoms with E-state index in [1.54, 1.807) is 0 Å². The molecule has 0 aliphatic rings. The van der Waals surface area contributed by atoms with Crippen molar-refractivity contribution in [3.8, 4) is 0 Å². The highest BCUT2D eigenvalue weighted by Gasteiger charge is 2.39. The topological polar surface area (TPSA) is 85.2 Å². The van der Waals surface area contributed by atoms with Gasteiger partial charge in [0.05, 0.1) is 7.11 Å². The molecule has 0 N–H and O–H groups in total. The second kappa shape index (κ2) is 6.65. The predicted molar refractivity (Wildman–Crippen MR) is 50.5 cm³/mol. The van der Waals surface area contributed by atoms with Gasteiger partial charge < -0.3 is 4.74 Å². The van der Waals surface area contributed by atoms with Crippen LogP contribution in [-0.2, 0) is 19.1 Å². The number of isocyanates is 2. The van der Waals surface area contributed by atoms with E-state index < -0.39 is 11.6 Å². The molecule has 82 valence electrons. The molecule has 0 saturated carbocycles. The van der Waals surface area contributed by atoms with E-state index in [4.69, 9.17) is 0 Å². The van der Waals surface area contributed by atoms with Crippen LogP contribution in [0.5, 0.6) is 0 Å². The number of hydrogen-bond donors (Lipinski definition) is 0. The Morgan fingerprint density at radius 2 is 1.87 bits per heavy atom. The van der Waals surface area contributed by atoms with Crippen molar-refractivity contribution in [2.75, 3.05) is 7.11 Å². The number of carbonyl (C=O) groups excluding carboxylic acids is 3. The number of methoxy groups -OCH3 is 1. The van der Waals surface area contributed by atoms with Crippen LogP contribution in [0.3, 0.4) is 0 Å². The van der Waals surface area contributed by atoms with E-state index in [0.29, 0.717) is 6.42 Å². The van der Waals surface area contributed by atoms with E-state index in [2.05, 4.69) is 14.7 Å². The largest absolute Gasteiger partial charge is 0.466 e. The summed E-state index contributed by atoms with van der Waals surface area (Å²) in [6.45, 7) is 1.89. The lowest BCUT2D eigenvalue weighted by Crippen LogP contribution is -2.35. The monoisotopic (exact) mass is 212 g/mol. The average Bonchev–Trinajstić information content (AvgIpc) is 2.25. The van der Waals surface area contributed by atoms with E-state index in [0.717, 1.165) is 13.5 Å². The molecule has 0 spiro atoms. The van der Waals surface area contributed by atoms with Gasteiger partial charge in [-0.2, -0.15) is 9.98 Å². The Kier molecular flexibility index (Phi) is 5.86. The van der Waals surface area contributed by atoms with Gasteiger partial charge in [-0.05, 0) is 6.42 Å². The minimum atomic E-state index is -1.80. The van der Waals surface area contributed by atoms with Gasteiger partial charge in [-0.25, -0.2) is 14.4 Å². The van der Waals surface area contributed by atoms with Crippen molar-refractivity contribution in [3.05, 3.63) is 0 Å². The third-order valence-electron chi connectivity index (χ3n) is 1.85. The van der Waals surface area contributed by atoms with Gasteiger partial charge in [0.2, 0.25) is 12.2 Å². The Morgan fingerprint density at radius 1 is 1.33 bits per heavy atom. The van der Waals surface area contributed by atoms with Gasteiger partial charge in [-0.3, -0.25) is 0 Å². The normalized spacial score (nSPS) is 12.9. The molecule has 0 saturated heterocycles. The molecule has 0 rings (SSSR count). The lowest BCUT2D eigenvalue weighted by molar-refractivity contribution is -0.146. The Hall–Kier alpha value is -1.77. The van der Waals surface area contributed by atoms with Gasteiger partial charge in [0.25, 0.3) is 5.66 Å². The minimum absolute atomic E-state index is 0.126. The predicted octanol–water partition coefficient (Wildman–Crippen LogP) is 0.718. The Morgan fingerprint density at radius 3 is 2.20 bits per heavy atom. The van der Waals surface area contributed by atoms with Crippen LogP contribution in [-0.4, -0.2) is 30.9 Å². The van der Waals surface area contributed by atoms with E-state index >= 15 is 0 Å². The summed E-state index contributed by atoms with van der Waals surface area (Å²) in [7, 11) is 1.13. The molecule has 6 heteroatoms. The smallest absolute Gasteiger partial charge is 0.358 e. The fraction of sp³-hybridized carbons (Fsp3) is 0.667. The van der Waals surface area contributed by atoms with Crippen molar-refractivity contribution in [1.82, 2.24) is 0 Å². The molecule has 0 atom stereocenters. The zero-order valence-electron chi connectivity index (χ0n) is 8.65. The number of unbranched alkanes of at least 4 members (excludes halogenated alkanes) is 1. The molecule has 0 heterocycles. The molecule has 0 amide bonds. The molecule has 0 aliphatic heterocycles. The first-order valence-corrected chi connectivity index (χ1v) is 4.43. The molecule has 0 bridgehead atoms. The van der Waals surface area contributed by atoms with Crippen LogP contribution in [0, 0.1) is 0 Å². The lowest BCUT2D eigenvalue weighted by atomic mass is 10.0. The summed E-state index contributed by atoms with van der Waals surface area (Å²) < 4.78 is 4.43. The van der Waals surface area contributed by atoms with Crippen LogP contribution in [0.4, 0.5) is 0 Å². The number of esters is 1. The van der Waals surface area contributed by atoms with E-state index in [9.17, 15) is 14.4 Å². The fourth-order valence-corrected chi connectivity index (χ4v) is 1.07. The summed E-state index contributed by atoms with van der Waals surface area (Å²) in [5.74, 6) is -0.859. The van der Waals surface area contributed by atoms with E-state index in [-0.39, 0.29) is 6.42 Å². The van der Waals surface area contributed by atoms with Crippen molar-refractivity contribution < 1.29 is 19.1 Å². The molecule has 0 aromatic heterocycles. The first-order valence-electron chi connectivity index (χ1n) is 4.43. The van der Waals surface area contributed by atoms with Crippen molar-refractivity contribution in [3.63, 3.8) is 0 Å². The number of aliphatic imine (C=N–C) groups is 2.